The van der Waals surface area contributed by atoms with Gasteiger partial charge in [0.1, 0.15) is 5.82 Å². The van der Waals surface area contributed by atoms with Crippen LogP contribution in [-0.2, 0) is 6.54 Å². The first kappa shape index (κ1) is 14.3. The third kappa shape index (κ3) is 2.75. The minimum absolute atomic E-state index is 0.560. The van der Waals surface area contributed by atoms with Crippen LogP contribution in [0.1, 0.15) is 38.2 Å². The third-order valence-corrected chi connectivity index (χ3v) is 4.93. The number of para-hydroxylation sites is 1. The van der Waals surface area contributed by atoms with Crippen LogP contribution in [0.5, 0.6) is 0 Å². The average Bonchev–Trinajstić information content (AvgIpc) is 2.53. The first-order valence-electron chi connectivity index (χ1n) is 8.02. The molecular weight excluding hydrogens is 258 g/mol. The predicted molar refractivity (Wildman–Crippen MR) is 89.5 cm³/mol. The SMILES string of the molecule is CC1CCCCC1N(C)c1cc(CN)c2ccccc2n1. The van der Waals surface area contributed by atoms with Crippen LogP contribution in [0.25, 0.3) is 10.9 Å². The van der Waals surface area contributed by atoms with Gasteiger partial charge in [-0.2, -0.15) is 0 Å². The van der Waals surface area contributed by atoms with E-state index in [2.05, 4.69) is 43.1 Å². The second-order valence-corrected chi connectivity index (χ2v) is 6.30. The van der Waals surface area contributed by atoms with Crippen molar-refractivity contribution >= 4 is 16.7 Å². The van der Waals surface area contributed by atoms with E-state index in [1.54, 1.807) is 0 Å². The summed E-state index contributed by atoms with van der Waals surface area (Å²) in [5, 5.41) is 1.17. The molecule has 1 aromatic carbocycles. The Hall–Kier alpha value is -1.61. The molecule has 0 aliphatic heterocycles. The summed E-state index contributed by atoms with van der Waals surface area (Å²) in [6, 6.07) is 11.0. The van der Waals surface area contributed by atoms with Crippen LogP contribution in [0.3, 0.4) is 0 Å². The first-order chi connectivity index (χ1) is 10.2. The fourth-order valence-corrected chi connectivity index (χ4v) is 3.62. The minimum Gasteiger partial charge on any atom is -0.356 e. The molecule has 1 fully saturated rings. The van der Waals surface area contributed by atoms with Crippen molar-refractivity contribution in [1.29, 1.82) is 0 Å². The number of hydrogen-bond acceptors (Lipinski definition) is 3. The molecule has 0 saturated heterocycles. The molecule has 2 unspecified atom stereocenters. The monoisotopic (exact) mass is 283 g/mol. The number of aromatic nitrogens is 1. The number of nitrogens with zero attached hydrogens (tertiary/aromatic N) is 2. The van der Waals surface area contributed by atoms with Gasteiger partial charge in [-0.05, 0) is 36.5 Å². The summed E-state index contributed by atoms with van der Waals surface area (Å²) in [5.41, 5.74) is 8.18. The van der Waals surface area contributed by atoms with Gasteiger partial charge in [-0.15, -0.1) is 0 Å². The molecule has 1 aromatic heterocycles. The molecule has 3 nitrogen and oxygen atoms in total. The highest BCUT2D eigenvalue weighted by molar-refractivity contribution is 5.84. The van der Waals surface area contributed by atoms with E-state index in [0.29, 0.717) is 12.6 Å². The van der Waals surface area contributed by atoms with Gasteiger partial charge in [0.2, 0.25) is 0 Å². The van der Waals surface area contributed by atoms with Crippen molar-refractivity contribution < 1.29 is 0 Å². The quantitative estimate of drug-likeness (QED) is 0.933. The van der Waals surface area contributed by atoms with Crippen molar-refractivity contribution in [1.82, 2.24) is 4.98 Å². The highest BCUT2D eigenvalue weighted by Gasteiger charge is 2.26. The number of benzene rings is 1. The molecule has 2 atom stereocenters. The summed E-state index contributed by atoms with van der Waals surface area (Å²) in [6.45, 7) is 2.93. The predicted octanol–water partition coefficient (Wildman–Crippen LogP) is 3.71. The van der Waals surface area contributed by atoms with Crippen LogP contribution >= 0.6 is 0 Å². The Morgan fingerprint density at radius 2 is 2.00 bits per heavy atom. The van der Waals surface area contributed by atoms with E-state index in [1.807, 2.05) is 6.07 Å². The molecule has 2 N–H and O–H groups in total. The molecule has 1 heterocycles. The zero-order valence-electron chi connectivity index (χ0n) is 13.0. The highest BCUT2D eigenvalue weighted by Crippen LogP contribution is 2.31. The Labute approximate surface area is 127 Å². The number of hydrogen-bond donors (Lipinski definition) is 1. The molecule has 0 bridgehead atoms. The van der Waals surface area contributed by atoms with Gasteiger partial charge in [0.05, 0.1) is 5.52 Å². The number of pyridine rings is 1. The van der Waals surface area contributed by atoms with Gasteiger partial charge in [-0.25, -0.2) is 4.98 Å². The Balaban J connectivity index is 1.99. The maximum atomic E-state index is 5.94. The molecule has 3 heteroatoms. The minimum atomic E-state index is 0.560. The van der Waals surface area contributed by atoms with Crippen molar-refractivity contribution in [2.45, 2.75) is 45.2 Å². The lowest BCUT2D eigenvalue weighted by Crippen LogP contribution is -2.39. The van der Waals surface area contributed by atoms with Gasteiger partial charge >= 0.3 is 0 Å². The van der Waals surface area contributed by atoms with Crippen LogP contribution in [-0.4, -0.2) is 18.1 Å². The van der Waals surface area contributed by atoms with E-state index >= 15 is 0 Å². The van der Waals surface area contributed by atoms with E-state index in [0.717, 1.165) is 17.3 Å². The molecule has 1 aliphatic carbocycles. The van der Waals surface area contributed by atoms with E-state index in [-0.39, 0.29) is 0 Å². The summed E-state index contributed by atoms with van der Waals surface area (Å²) in [6.07, 6.45) is 5.29. The van der Waals surface area contributed by atoms with Gasteiger partial charge < -0.3 is 10.6 Å². The standard InChI is InChI=1S/C18H25N3/c1-13-7-3-6-10-17(13)21(2)18-11-14(12-19)15-8-4-5-9-16(15)20-18/h4-5,8-9,11,13,17H,3,6-7,10,12,19H2,1-2H3. The normalized spacial score (nSPS) is 22.4. The Morgan fingerprint density at radius 1 is 1.24 bits per heavy atom. The smallest absolute Gasteiger partial charge is 0.129 e. The lowest BCUT2D eigenvalue weighted by atomic mass is 9.85. The molecule has 21 heavy (non-hydrogen) atoms. The Morgan fingerprint density at radius 3 is 2.76 bits per heavy atom. The lowest BCUT2D eigenvalue weighted by Gasteiger charge is -2.37. The third-order valence-electron chi connectivity index (χ3n) is 4.93. The highest BCUT2D eigenvalue weighted by atomic mass is 15.2. The van der Waals surface area contributed by atoms with Crippen molar-refractivity contribution in [3.8, 4) is 0 Å². The average molecular weight is 283 g/mol. The van der Waals surface area contributed by atoms with Crippen LogP contribution < -0.4 is 10.6 Å². The van der Waals surface area contributed by atoms with Crippen LogP contribution in [0, 0.1) is 5.92 Å². The second-order valence-electron chi connectivity index (χ2n) is 6.30. The maximum absolute atomic E-state index is 5.94. The topological polar surface area (TPSA) is 42.1 Å². The largest absolute Gasteiger partial charge is 0.356 e. The van der Waals surface area contributed by atoms with E-state index in [4.69, 9.17) is 10.7 Å². The van der Waals surface area contributed by atoms with Crippen LogP contribution in [0.15, 0.2) is 30.3 Å². The lowest BCUT2D eigenvalue weighted by molar-refractivity contribution is 0.320. The summed E-state index contributed by atoms with van der Waals surface area (Å²) < 4.78 is 0. The van der Waals surface area contributed by atoms with E-state index in [1.165, 1.54) is 36.6 Å². The Bertz CT molecular complexity index is 623. The Kier molecular flexibility index (Phi) is 4.11. The van der Waals surface area contributed by atoms with Crippen molar-refractivity contribution in [2.24, 2.45) is 11.7 Å². The second kappa shape index (κ2) is 6.02. The van der Waals surface area contributed by atoms with Gasteiger partial charge in [-0.1, -0.05) is 38.0 Å². The molecule has 1 saturated carbocycles. The fourth-order valence-electron chi connectivity index (χ4n) is 3.62. The van der Waals surface area contributed by atoms with Gasteiger partial charge in [0, 0.05) is 25.0 Å². The molecule has 1 aliphatic rings. The summed E-state index contributed by atoms with van der Waals surface area (Å²) in [5.74, 6) is 1.80. The molecule has 0 amide bonds. The molecule has 0 radical (unpaired) electrons. The molecular formula is C18H25N3. The summed E-state index contributed by atoms with van der Waals surface area (Å²) >= 11 is 0. The van der Waals surface area contributed by atoms with Crippen molar-refractivity contribution in [3.05, 3.63) is 35.9 Å². The molecule has 3 rings (SSSR count). The van der Waals surface area contributed by atoms with Crippen molar-refractivity contribution in [3.63, 3.8) is 0 Å². The van der Waals surface area contributed by atoms with E-state index in [9.17, 15) is 0 Å². The molecule has 112 valence electrons. The molecule has 0 spiro atoms. The van der Waals surface area contributed by atoms with Crippen molar-refractivity contribution in [2.75, 3.05) is 11.9 Å². The van der Waals surface area contributed by atoms with Crippen LogP contribution in [0.4, 0.5) is 5.82 Å². The van der Waals surface area contributed by atoms with E-state index < -0.39 is 0 Å². The zero-order valence-corrected chi connectivity index (χ0v) is 13.0. The van der Waals surface area contributed by atoms with Gasteiger partial charge in [0.15, 0.2) is 0 Å². The van der Waals surface area contributed by atoms with Gasteiger partial charge in [0.25, 0.3) is 0 Å². The maximum Gasteiger partial charge on any atom is 0.129 e. The number of nitrogens with two attached hydrogens (primary N) is 1. The number of fused-ring (bicyclic) bond motifs is 1. The molecule has 2 aromatic rings. The summed E-state index contributed by atoms with van der Waals surface area (Å²) in [4.78, 5) is 7.23. The summed E-state index contributed by atoms with van der Waals surface area (Å²) in [7, 11) is 2.18. The van der Waals surface area contributed by atoms with Crippen LogP contribution in [0.2, 0.25) is 0 Å². The number of anilines is 1. The first-order valence-corrected chi connectivity index (χ1v) is 8.02. The fraction of sp³-hybridized carbons (Fsp3) is 0.500. The number of rotatable bonds is 3. The van der Waals surface area contributed by atoms with Gasteiger partial charge in [-0.3, -0.25) is 0 Å². The zero-order chi connectivity index (χ0) is 14.8.